The van der Waals surface area contributed by atoms with Crippen LogP contribution in [-0.2, 0) is 9.59 Å². The Kier molecular flexibility index (Phi) is 7.23. The third kappa shape index (κ3) is 4.91. The number of anilines is 2. The minimum Gasteiger partial charge on any atom is -0.507 e. The summed E-state index contributed by atoms with van der Waals surface area (Å²) in [5.74, 6) is -0.825. The Morgan fingerprint density at radius 3 is 2.18 bits per heavy atom. The normalized spacial score (nSPS) is 19.3. The molecule has 1 atom stereocenters. The topological polar surface area (TPSA) is 70.1 Å². The maximum absolute atomic E-state index is 13.5. The van der Waals surface area contributed by atoms with Gasteiger partial charge >= 0.3 is 0 Å². The van der Waals surface area contributed by atoms with Crippen molar-refractivity contribution < 1.29 is 19.4 Å². The van der Waals surface area contributed by atoms with E-state index in [-0.39, 0.29) is 17.4 Å². The van der Waals surface area contributed by atoms with Gasteiger partial charge in [0.25, 0.3) is 11.7 Å². The third-order valence-electron chi connectivity index (χ3n) is 7.22. The number of hydrogen-bond donors (Lipinski definition) is 1. The molecule has 1 amide bonds. The fraction of sp³-hybridized carbons (Fsp3) is 0.312. The zero-order valence-electron chi connectivity index (χ0n) is 22.2. The van der Waals surface area contributed by atoms with E-state index in [4.69, 9.17) is 4.74 Å². The second kappa shape index (κ2) is 10.7. The molecule has 3 aromatic carbocycles. The number of aliphatic hydroxyl groups excluding tert-OH is 1. The number of aryl methyl sites for hydroxylation is 1. The van der Waals surface area contributed by atoms with Crippen molar-refractivity contribution in [3.05, 3.63) is 95.1 Å². The molecule has 2 fully saturated rings. The minimum atomic E-state index is -0.746. The molecule has 38 heavy (non-hydrogen) atoms. The van der Waals surface area contributed by atoms with Gasteiger partial charge in [-0.2, -0.15) is 0 Å². The molecule has 2 aliphatic rings. The van der Waals surface area contributed by atoms with Crippen LogP contribution in [-0.4, -0.2) is 36.0 Å². The second-order valence-corrected chi connectivity index (χ2v) is 10.3. The van der Waals surface area contributed by atoms with Crippen LogP contribution in [0.3, 0.4) is 0 Å². The fourth-order valence-electron chi connectivity index (χ4n) is 5.36. The number of ketones is 1. The molecule has 6 heteroatoms. The smallest absolute Gasteiger partial charge is 0.300 e. The molecule has 0 aliphatic carbocycles. The molecule has 5 rings (SSSR count). The number of nitrogens with zero attached hydrogens (tertiary/aromatic N) is 2. The Labute approximate surface area is 224 Å². The number of amides is 1. The standard InChI is InChI=1S/C32H34N2O4/c1-21(2)38-27-17-12-24(20-22(27)3)30(35)28-29(23-10-6-4-7-11-23)34(32(37)31(28)36)26-15-13-25(14-16-26)33-18-8-5-9-19-33/h4,6-7,10-17,20-21,29,35H,5,8-9,18-19H2,1-3H3/b30-28-. The minimum absolute atomic E-state index is 0.0119. The van der Waals surface area contributed by atoms with Gasteiger partial charge in [0.1, 0.15) is 11.5 Å². The summed E-state index contributed by atoms with van der Waals surface area (Å²) in [6.07, 6.45) is 3.62. The Balaban J connectivity index is 1.57. The van der Waals surface area contributed by atoms with Crippen LogP contribution in [0.4, 0.5) is 11.4 Å². The van der Waals surface area contributed by atoms with Crippen LogP contribution in [0, 0.1) is 6.92 Å². The van der Waals surface area contributed by atoms with Crippen molar-refractivity contribution in [1.82, 2.24) is 0 Å². The van der Waals surface area contributed by atoms with Crippen molar-refractivity contribution in [2.24, 2.45) is 0 Å². The van der Waals surface area contributed by atoms with Crippen LogP contribution in [0.15, 0.2) is 78.4 Å². The number of ether oxygens (including phenoxy) is 1. The summed E-state index contributed by atoms with van der Waals surface area (Å²) in [6.45, 7) is 7.84. The van der Waals surface area contributed by atoms with Crippen LogP contribution in [0.1, 0.15) is 55.8 Å². The Hall–Kier alpha value is -4.06. The molecule has 0 spiro atoms. The van der Waals surface area contributed by atoms with Crippen LogP contribution in [0.25, 0.3) is 5.76 Å². The van der Waals surface area contributed by atoms with Crippen molar-refractivity contribution in [3.8, 4) is 5.75 Å². The van der Waals surface area contributed by atoms with Gasteiger partial charge in [-0.1, -0.05) is 30.3 Å². The number of benzene rings is 3. The summed E-state index contributed by atoms with van der Waals surface area (Å²) in [4.78, 5) is 30.8. The van der Waals surface area contributed by atoms with E-state index in [9.17, 15) is 14.7 Å². The van der Waals surface area contributed by atoms with E-state index >= 15 is 0 Å². The Morgan fingerprint density at radius 1 is 0.895 bits per heavy atom. The molecular weight excluding hydrogens is 476 g/mol. The number of Topliss-reactive ketones (excluding diaryl/α,β-unsaturated/α-hetero) is 1. The first-order valence-electron chi connectivity index (χ1n) is 13.3. The molecule has 2 saturated heterocycles. The average Bonchev–Trinajstić information content (AvgIpc) is 3.20. The van der Waals surface area contributed by atoms with E-state index in [1.165, 1.54) is 24.2 Å². The Bertz CT molecular complexity index is 1360. The van der Waals surface area contributed by atoms with E-state index < -0.39 is 17.7 Å². The van der Waals surface area contributed by atoms with E-state index in [0.717, 1.165) is 29.9 Å². The average molecular weight is 511 g/mol. The van der Waals surface area contributed by atoms with Gasteiger partial charge in [0.15, 0.2) is 0 Å². The van der Waals surface area contributed by atoms with Crippen molar-refractivity contribution >= 4 is 28.8 Å². The Morgan fingerprint density at radius 2 is 1.55 bits per heavy atom. The highest BCUT2D eigenvalue weighted by molar-refractivity contribution is 6.51. The van der Waals surface area contributed by atoms with Crippen LogP contribution in [0.2, 0.25) is 0 Å². The number of hydrogen-bond acceptors (Lipinski definition) is 5. The van der Waals surface area contributed by atoms with Gasteiger partial charge in [0, 0.05) is 30.0 Å². The summed E-state index contributed by atoms with van der Waals surface area (Å²) >= 11 is 0. The van der Waals surface area contributed by atoms with E-state index in [1.54, 1.807) is 18.2 Å². The van der Waals surface area contributed by atoms with Gasteiger partial charge in [-0.15, -0.1) is 0 Å². The molecule has 2 aliphatic heterocycles. The molecule has 0 aromatic heterocycles. The summed E-state index contributed by atoms with van der Waals surface area (Å²) in [5, 5.41) is 11.4. The van der Waals surface area contributed by atoms with Crippen LogP contribution >= 0.6 is 0 Å². The summed E-state index contributed by atoms with van der Waals surface area (Å²) < 4.78 is 5.83. The lowest BCUT2D eigenvalue weighted by atomic mass is 9.94. The number of aliphatic hydroxyl groups is 1. The second-order valence-electron chi connectivity index (χ2n) is 10.3. The van der Waals surface area contributed by atoms with Crippen molar-refractivity contribution in [2.75, 3.05) is 22.9 Å². The highest BCUT2D eigenvalue weighted by Gasteiger charge is 2.47. The van der Waals surface area contributed by atoms with Crippen molar-refractivity contribution in [1.29, 1.82) is 0 Å². The van der Waals surface area contributed by atoms with Gasteiger partial charge in [0.2, 0.25) is 0 Å². The number of rotatable bonds is 6. The monoisotopic (exact) mass is 510 g/mol. The predicted octanol–water partition coefficient (Wildman–Crippen LogP) is 6.40. The zero-order chi connectivity index (χ0) is 26.8. The molecular formula is C32H34N2O4. The molecule has 196 valence electrons. The van der Waals surface area contributed by atoms with Gasteiger partial charge in [0.05, 0.1) is 17.7 Å². The molecule has 1 N–H and O–H groups in total. The number of carbonyl (C=O) groups is 2. The first-order chi connectivity index (χ1) is 18.3. The highest BCUT2D eigenvalue weighted by Crippen LogP contribution is 2.42. The molecule has 2 heterocycles. The molecule has 3 aromatic rings. The molecule has 0 bridgehead atoms. The summed E-state index contributed by atoms with van der Waals surface area (Å²) in [6, 6.07) is 21.8. The van der Waals surface area contributed by atoms with Crippen LogP contribution in [0.5, 0.6) is 5.75 Å². The lowest BCUT2D eigenvalue weighted by Crippen LogP contribution is -2.30. The molecule has 6 nitrogen and oxygen atoms in total. The van der Waals surface area contributed by atoms with Gasteiger partial charge in [-0.3, -0.25) is 14.5 Å². The van der Waals surface area contributed by atoms with Gasteiger partial charge in [-0.05, 0) is 93.6 Å². The number of carbonyl (C=O) groups excluding carboxylic acids is 2. The lowest BCUT2D eigenvalue weighted by molar-refractivity contribution is -0.132. The molecule has 0 saturated carbocycles. The predicted molar refractivity (Wildman–Crippen MR) is 151 cm³/mol. The first kappa shape index (κ1) is 25.6. The van der Waals surface area contributed by atoms with Crippen LogP contribution < -0.4 is 14.5 Å². The van der Waals surface area contributed by atoms with Crippen molar-refractivity contribution in [2.45, 2.75) is 52.2 Å². The zero-order valence-corrected chi connectivity index (χ0v) is 22.2. The third-order valence-corrected chi connectivity index (χ3v) is 7.22. The van der Waals surface area contributed by atoms with E-state index in [2.05, 4.69) is 4.90 Å². The summed E-state index contributed by atoms with van der Waals surface area (Å²) in [7, 11) is 0. The van der Waals surface area contributed by atoms with E-state index in [0.29, 0.717) is 17.0 Å². The summed E-state index contributed by atoms with van der Waals surface area (Å²) in [5.41, 5.74) is 3.88. The molecule has 0 radical (unpaired) electrons. The highest BCUT2D eigenvalue weighted by atomic mass is 16.5. The van der Waals surface area contributed by atoms with Gasteiger partial charge < -0.3 is 14.7 Å². The fourth-order valence-corrected chi connectivity index (χ4v) is 5.36. The van der Waals surface area contributed by atoms with Crippen molar-refractivity contribution in [3.63, 3.8) is 0 Å². The SMILES string of the molecule is Cc1cc(/C(O)=C2/C(=O)C(=O)N(c3ccc(N4CCCCC4)cc3)C2c2ccccc2)ccc1OC(C)C. The first-order valence-corrected chi connectivity index (χ1v) is 13.3. The van der Waals surface area contributed by atoms with E-state index in [1.807, 2.05) is 75.4 Å². The lowest BCUT2D eigenvalue weighted by Gasteiger charge is -2.30. The number of piperidine rings is 1. The van der Waals surface area contributed by atoms with Gasteiger partial charge in [-0.25, -0.2) is 0 Å². The largest absolute Gasteiger partial charge is 0.507 e. The molecule has 1 unspecified atom stereocenters. The maximum Gasteiger partial charge on any atom is 0.300 e. The quantitative estimate of drug-likeness (QED) is 0.236. The maximum atomic E-state index is 13.5.